The molecule has 0 aliphatic carbocycles. The third-order valence-electron chi connectivity index (χ3n) is 4.61. The van der Waals surface area contributed by atoms with E-state index < -0.39 is 0 Å². The first kappa shape index (κ1) is 15.9. The zero-order valence-electron chi connectivity index (χ0n) is 13.2. The summed E-state index contributed by atoms with van der Waals surface area (Å²) in [4.78, 5) is 4.72. The van der Waals surface area contributed by atoms with Crippen LogP contribution < -0.4 is 0 Å². The van der Waals surface area contributed by atoms with E-state index >= 15 is 0 Å². The van der Waals surface area contributed by atoms with E-state index in [0.717, 1.165) is 36.1 Å². The van der Waals surface area contributed by atoms with Crippen LogP contribution in [0.15, 0.2) is 18.2 Å². The lowest BCUT2D eigenvalue weighted by molar-refractivity contribution is 0.251. The van der Waals surface area contributed by atoms with Crippen molar-refractivity contribution in [1.29, 1.82) is 5.26 Å². The lowest BCUT2D eigenvalue weighted by Crippen LogP contribution is -2.33. The maximum Gasteiger partial charge on any atom is 0.128 e. The van der Waals surface area contributed by atoms with Gasteiger partial charge in [0, 0.05) is 5.54 Å². The number of nitrogens with zero attached hydrogens (tertiary/aromatic N) is 3. The van der Waals surface area contributed by atoms with Gasteiger partial charge in [0.15, 0.2) is 0 Å². The van der Waals surface area contributed by atoms with Crippen molar-refractivity contribution in [2.45, 2.75) is 57.9 Å². The summed E-state index contributed by atoms with van der Waals surface area (Å²) >= 11 is 6.38. The third-order valence-corrected chi connectivity index (χ3v) is 4.81. The van der Waals surface area contributed by atoms with Gasteiger partial charge in [0.1, 0.15) is 5.82 Å². The van der Waals surface area contributed by atoms with Gasteiger partial charge >= 0.3 is 0 Å². The van der Waals surface area contributed by atoms with Crippen LogP contribution in [0.4, 0.5) is 0 Å². The molecule has 0 bridgehead atoms. The molecule has 1 heterocycles. The molecule has 1 aromatic carbocycles. The zero-order valence-corrected chi connectivity index (χ0v) is 13.9. The van der Waals surface area contributed by atoms with Crippen LogP contribution in [0.1, 0.15) is 63.7 Å². The molecule has 0 amide bonds. The fourth-order valence-corrected chi connectivity index (χ4v) is 3.30. The van der Waals surface area contributed by atoms with Crippen LogP contribution in [0.2, 0.25) is 0 Å². The van der Waals surface area contributed by atoms with Crippen molar-refractivity contribution < 1.29 is 0 Å². The Bertz CT molecular complexity index is 667. The highest BCUT2D eigenvalue weighted by Gasteiger charge is 2.31. The number of rotatable bonds is 5. The number of imidazole rings is 1. The Morgan fingerprint density at radius 2 is 1.90 bits per heavy atom. The standard InChI is InChI=1S/C17H22ClN3/c1-5-17(6-2,7-3)21-15-10-13(11-19)8-9-14(15)20-16(21)12(4)18/h8-10,12H,5-7H2,1-4H3. The molecule has 0 saturated carbocycles. The first-order valence-electron chi connectivity index (χ1n) is 7.60. The van der Waals surface area contributed by atoms with E-state index in [1.165, 1.54) is 0 Å². The lowest BCUT2D eigenvalue weighted by atomic mass is 9.88. The number of alkyl halides is 1. The fourth-order valence-electron chi connectivity index (χ4n) is 3.15. The molecule has 1 atom stereocenters. The molecule has 0 saturated heterocycles. The minimum atomic E-state index is -0.160. The van der Waals surface area contributed by atoms with Gasteiger partial charge in [-0.3, -0.25) is 0 Å². The molecule has 21 heavy (non-hydrogen) atoms. The SMILES string of the molecule is CCC(CC)(CC)n1c(C(C)Cl)nc2ccc(C#N)cc21. The summed E-state index contributed by atoms with van der Waals surface area (Å²) in [5.74, 6) is 0.896. The van der Waals surface area contributed by atoms with E-state index in [0.29, 0.717) is 5.56 Å². The maximum absolute atomic E-state index is 9.17. The molecule has 1 unspecified atom stereocenters. The van der Waals surface area contributed by atoms with Gasteiger partial charge in [-0.15, -0.1) is 11.6 Å². The minimum absolute atomic E-state index is 0.00130. The van der Waals surface area contributed by atoms with Gasteiger partial charge in [-0.05, 0) is 44.4 Å². The normalized spacial score (nSPS) is 13.3. The minimum Gasteiger partial charge on any atom is -0.321 e. The highest BCUT2D eigenvalue weighted by molar-refractivity contribution is 6.20. The van der Waals surface area contributed by atoms with Gasteiger partial charge in [0.25, 0.3) is 0 Å². The molecular formula is C17H22ClN3. The van der Waals surface area contributed by atoms with Crippen molar-refractivity contribution in [3.05, 3.63) is 29.6 Å². The van der Waals surface area contributed by atoms with Crippen LogP contribution in [0, 0.1) is 11.3 Å². The topological polar surface area (TPSA) is 41.6 Å². The van der Waals surface area contributed by atoms with E-state index in [9.17, 15) is 5.26 Å². The zero-order chi connectivity index (χ0) is 15.6. The average Bonchev–Trinajstić information content (AvgIpc) is 2.89. The van der Waals surface area contributed by atoms with Crippen LogP contribution in [0.25, 0.3) is 11.0 Å². The molecule has 1 aromatic heterocycles. The Balaban J connectivity index is 2.85. The average molecular weight is 304 g/mol. The predicted molar refractivity (Wildman–Crippen MR) is 87.6 cm³/mol. The van der Waals surface area contributed by atoms with Crippen molar-refractivity contribution in [3.8, 4) is 6.07 Å². The second-order valence-corrected chi connectivity index (χ2v) is 6.18. The summed E-state index contributed by atoms with van der Waals surface area (Å²) in [7, 11) is 0. The molecule has 0 spiro atoms. The number of benzene rings is 1. The van der Waals surface area contributed by atoms with Gasteiger partial charge in [-0.1, -0.05) is 20.8 Å². The van der Waals surface area contributed by atoms with Crippen LogP contribution in [0.5, 0.6) is 0 Å². The van der Waals surface area contributed by atoms with Gasteiger partial charge in [0.05, 0.1) is 28.0 Å². The van der Waals surface area contributed by atoms with Crippen molar-refractivity contribution in [3.63, 3.8) is 0 Å². The summed E-state index contributed by atoms with van der Waals surface area (Å²) in [6.45, 7) is 8.57. The monoisotopic (exact) mass is 303 g/mol. The summed E-state index contributed by atoms with van der Waals surface area (Å²) in [6, 6.07) is 7.88. The Morgan fingerprint density at radius 3 is 2.38 bits per heavy atom. The molecule has 2 rings (SSSR count). The van der Waals surface area contributed by atoms with Gasteiger partial charge in [-0.25, -0.2) is 4.98 Å². The Kier molecular flexibility index (Phi) is 4.58. The number of halogens is 1. The molecule has 0 radical (unpaired) electrons. The summed E-state index contributed by atoms with van der Waals surface area (Å²) < 4.78 is 2.28. The number of hydrogen-bond acceptors (Lipinski definition) is 2. The van der Waals surface area contributed by atoms with Crippen LogP contribution >= 0.6 is 11.6 Å². The second-order valence-electron chi connectivity index (χ2n) is 5.52. The maximum atomic E-state index is 9.17. The van der Waals surface area contributed by atoms with E-state index in [-0.39, 0.29) is 10.9 Å². The summed E-state index contributed by atoms with van der Waals surface area (Å²) in [6.07, 6.45) is 3.04. The molecule has 112 valence electrons. The van der Waals surface area contributed by atoms with Crippen molar-refractivity contribution in [2.24, 2.45) is 0 Å². The summed E-state index contributed by atoms with van der Waals surface area (Å²) in [5, 5.41) is 9.01. The first-order valence-corrected chi connectivity index (χ1v) is 8.03. The van der Waals surface area contributed by atoms with E-state index in [4.69, 9.17) is 16.6 Å². The highest BCUT2D eigenvalue weighted by Crippen LogP contribution is 2.37. The van der Waals surface area contributed by atoms with Crippen molar-refractivity contribution in [1.82, 2.24) is 9.55 Å². The second kappa shape index (κ2) is 6.07. The van der Waals surface area contributed by atoms with E-state index in [1.54, 1.807) is 0 Å². The van der Waals surface area contributed by atoms with Gasteiger partial charge < -0.3 is 4.57 Å². The third kappa shape index (κ3) is 2.53. The van der Waals surface area contributed by atoms with Crippen molar-refractivity contribution >= 4 is 22.6 Å². The Hall–Kier alpha value is -1.53. The molecule has 0 aliphatic heterocycles. The molecule has 4 heteroatoms. The quantitative estimate of drug-likeness (QED) is 0.718. The van der Waals surface area contributed by atoms with Gasteiger partial charge in [0.2, 0.25) is 0 Å². The molecule has 0 fully saturated rings. The smallest absolute Gasteiger partial charge is 0.128 e. The Labute approximate surface area is 131 Å². The Morgan fingerprint density at radius 1 is 1.29 bits per heavy atom. The molecule has 2 aromatic rings. The highest BCUT2D eigenvalue weighted by atomic mass is 35.5. The van der Waals surface area contributed by atoms with Crippen LogP contribution in [-0.4, -0.2) is 9.55 Å². The van der Waals surface area contributed by atoms with E-state index in [1.807, 2.05) is 25.1 Å². The molecule has 3 nitrogen and oxygen atoms in total. The summed E-state index contributed by atoms with van der Waals surface area (Å²) in [5.41, 5.74) is 2.59. The number of aromatic nitrogens is 2. The van der Waals surface area contributed by atoms with Crippen molar-refractivity contribution in [2.75, 3.05) is 0 Å². The largest absolute Gasteiger partial charge is 0.321 e. The first-order chi connectivity index (χ1) is 10.0. The number of nitriles is 1. The molecular weight excluding hydrogens is 282 g/mol. The lowest BCUT2D eigenvalue weighted by Gasteiger charge is -2.35. The van der Waals surface area contributed by atoms with Crippen LogP contribution in [0.3, 0.4) is 0 Å². The van der Waals surface area contributed by atoms with Crippen LogP contribution in [-0.2, 0) is 5.54 Å². The fraction of sp³-hybridized carbons (Fsp3) is 0.529. The molecule has 0 N–H and O–H groups in total. The number of hydrogen-bond donors (Lipinski definition) is 0. The van der Waals surface area contributed by atoms with E-state index in [2.05, 4.69) is 31.4 Å². The molecule has 0 aliphatic rings. The number of fused-ring (bicyclic) bond motifs is 1. The van der Waals surface area contributed by atoms with Gasteiger partial charge in [-0.2, -0.15) is 5.26 Å². The predicted octanol–water partition coefficient (Wildman–Crippen LogP) is 5.13.